The van der Waals surface area contributed by atoms with Gasteiger partial charge in [-0.3, -0.25) is 9.59 Å². The minimum Gasteiger partial charge on any atom is -0.493 e. The van der Waals surface area contributed by atoms with Crippen molar-refractivity contribution in [3.63, 3.8) is 0 Å². The molecule has 0 spiro atoms. The molecular weight excluding hydrogens is 332 g/mol. The number of carbonyl (C=O) groups is 2. The van der Waals surface area contributed by atoms with Crippen molar-refractivity contribution in [2.24, 2.45) is 11.7 Å². The van der Waals surface area contributed by atoms with Crippen molar-refractivity contribution in [3.05, 3.63) is 53.6 Å². The summed E-state index contributed by atoms with van der Waals surface area (Å²) in [7, 11) is 1.53. The van der Waals surface area contributed by atoms with E-state index in [1.807, 2.05) is 0 Å². The molecule has 0 aliphatic heterocycles. The fourth-order valence-electron chi connectivity index (χ4n) is 2.29. The van der Waals surface area contributed by atoms with Crippen LogP contribution in [-0.2, 0) is 0 Å². The minimum atomic E-state index is -0.550. The molecule has 0 bridgehead atoms. The van der Waals surface area contributed by atoms with Crippen LogP contribution in [0.3, 0.4) is 0 Å². The number of ether oxygens (including phenoxy) is 2. The van der Waals surface area contributed by atoms with Crippen LogP contribution >= 0.6 is 0 Å². The van der Waals surface area contributed by atoms with E-state index in [2.05, 4.69) is 19.2 Å². The van der Waals surface area contributed by atoms with Gasteiger partial charge in [-0.05, 0) is 48.7 Å². The number of nitrogens with one attached hydrogen (secondary N) is 1. The Morgan fingerprint density at radius 2 is 1.85 bits per heavy atom. The summed E-state index contributed by atoms with van der Waals surface area (Å²) in [6, 6.07) is 11.5. The first kappa shape index (κ1) is 19.3. The fraction of sp³-hybridized carbons (Fsp3) is 0.300. The van der Waals surface area contributed by atoms with E-state index in [4.69, 9.17) is 15.2 Å². The summed E-state index contributed by atoms with van der Waals surface area (Å²) < 4.78 is 11.1. The average molecular weight is 356 g/mol. The normalized spacial score (nSPS) is 10.5. The molecule has 0 heterocycles. The molecule has 0 fully saturated rings. The maximum atomic E-state index is 12.5. The maximum Gasteiger partial charge on any atom is 0.255 e. The van der Waals surface area contributed by atoms with E-state index in [0.29, 0.717) is 40.8 Å². The topological polar surface area (TPSA) is 90.6 Å². The van der Waals surface area contributed by atoms with E-state index in [-0.39, 0.29) is 5.91 Å². The second-order valence-corrected chi connectivity index (χ2v) is 6.30. The molecule has 138 valence electrons. The second kappa shape index (κ2) is 8.89. The summed E-state index contributed by atoms with van der Waals surface area (Å²) in [6.45, 7) is 4.84. The summed E-state index contributed by atoms with van der Waals surface area (Å²) in [5.41, 5.74) is 6.49. The third-order valence-corrected chi connectivity index (χ3v) is 3.78. The Labute approximate surface area is 153 Å². The highest BCUT2D eigenvalue weighted by Gasteiger charge is 2.12. The predicted octanol–water partition coefficient (Wildman–Crippen LogP) is 3.47. The SMILES string of the molecule is COc1cc(C(=O)Nc2cccc(C(N)=O)c2)ccc1OCCC(C)C. The lowest BCUT2D eigenvalue weighted by molar-refractivity contribution is 0.0996. The zero-order valence-electron chi connectivity index (χ0n) is 15.2. The van der Waals surface area contributed by atoms with Crippen LogP contribution in [0.1, 0.15) is 41.0 Å². The molecule has 0 aliphatic rings. The van der Waals surface area contributed by atoms with Gasteiger partial charge in [-0.25, -0.2) is 0 Å². The molecule has 0 radical (unpaired) electrons. The summed E-state index contributed by atoms with van der Waals surface area (Å²) in [4.78, 5) is 23.7. The number of primary amides is 1. The number of benzene rings is 2. The van der Waals surface area contributed by atoms with Crippen molar-refractivity contribution in [3.8, 4) is 11.5 Å². The summed E-state index contributed by atoms with van der Waals surface area (Å²) in [5.74, 6) is 0.763. The fourth-order valence-corrected chi connectivity index (χ4v) is 2.29. The average Bonchev–Trinajstić information content (AvgIpc) is 2.61. The minimum absolute atomic E-state index is 0.321. The highest BCUT2D eigenvalue weighted by molar-refractivity contribution is 6.05. The van der Waals surface area contributed by atoms with E-state index in [1.54, 1.807) is 36.4 Å². The van der Waals surface area contributed by atoms with Gasteiger partial charge in [-0.2, -0.15) is 0 Å². The lowest BCUT2D eigenvalue weighted by Crippen LogP contribution is -2.14. The summed E-state index contributed by atoms with van der Waals surface area (Å²) >= 11 is 0. The summed E-state index contributed by atoms with van der Waals surface area (Å²) in [5, 5.41) is 2.74. The number of rotatable bonds is 8. The van der Waals surface area contributed by atoms with Crippen molar-refractivity contribution < 1.29 is 19.1 Å². The standard InChI is InChI=1S/C20H24N2O4/c1-13(2)9-10-26-17-8-7-15(12-18(17)25-3)20(24)22-16-6-4-5-14(11-16)19(21)23/h4-8,11-13H,9-10H2,1-3H3,(H2,21,23)(H,22,24). The first-order valence-electron chi connectivity index (χ1n) is 8.42. The van der Waals surface area contributed by atoms with Crippen LogP contribution in [0.25, 0.3) is 0 Å². The third kappa shape index (κ3) is 5.24. The molecule has 0 unspecified atom stereocenters. The molecule has 3 N–H and O–H groups in total. The molecule has 6 nitrogen and oxygen atoms in total. The second-order valence-electron chi connectivity index (χ2n) is 6.30. The monoisotopic (exact) mass is 356 g/mol. The van der Waals surface area contributed by atoms with Crippen LogP contribution in [0.5, 0.6) is 11.5 Å². The smallest absolute Gasteiger partial charge is 0.255 e. The van der Waals surface area contributed by atoms with Crippen LogP contribution in [0.15, 0.2) is 42.5 Å². The molecule has 2 aromatic carbocycles. The number of hydrogen-bond donors (Lipinski definition) is 2. The van der Waals surface area contributed by atoms with Gasteiger partial charge in [0, 0.05) is 16.8 Å². The van der Waals surface area contributed by atoms with E-state index in [1.165, 1.54) is 13.2 Å². The molecule has 6 heteroatoms. The zero-order chi connectivity index (χ0) is 19.1. The van der Waals surface area contributed by atoms with Crippen molar-refractivity contribution in [1.29, 1.82) is 0 Å². The van der Waals surface area contributed by atoms with E-state index in [0.717, 1.165) is 6.42 Å². The lowest BCUT2D eigenvalue weighted by atomic mass is 10.1. The number of carbonyl (C=O) groups excluding carboxylic acids is 2. The van der Waals surface area contributed by atoms with E-state index < -0.39 is 5.91 Å². The van der Waals surface area contributed by atoms with Crippen molar-refractivity contribution in [2.45, 2.75) is 20.3 Å². The number of amides is 2. The Balaban J connectivity index is 2.11. The van der Waals surface area contributed by atoms with Crippen LogP contribution in [0, 0.1) is 5.92 Å². The van der Waals surface area contributed by atoms with E-state index in [9.17, 15) is 9.59 Å². The molecule has 26 heavy (non-hydrogen) atoms. The quantitative estimate of drug-likeness (QED) is 0.758. The van der Waals surface area contributed by atoms with Crippen LogP contribution < -0.4 is 20.5 Å². The molecule has 0 saturated heterocycles. The van der Waals surface area contributed by atoms with Gasteiger partial charge in [0.15, 0.2) is 11.5 Å². The van der Waals surface area contributed by atoms with Crippen LogP contribution in [0.4, 0.5) is 5.69 Å². The first-order chi connectivity index (χ1) is 12.4. The Morgan fingerprint density at radius 1 is 1.08 bits per heavy atom. The van der Waals surface area contributed by atoms with Gasteiger partial charge in [0.05, 0.1) is 13.7 Å². The highest BCUT2D eigenvalue weighted by Crippen LogP contribution is 2.28. The summed E-state index contributed by atoms with van der Waals surface area (Å²) in [6.07, 6.45) is 0.932. The largest absolute Gasteiger partial charge is 0.493 e. The molecular formula is C20H24N2O4. The van der Waals surface area contributed by atoms with Crippen molar-refractivity contribution >= 4 is 17.5 Å². The Kier molecular flexibility index (Phi) is 6.60. The maximum absolute atomic E-state index is 12.5. The third-order valence-electron chi connectivity index (χ3n) is 3.78. The van der Waals surface area contributed by atoms with Crippen molar-refractivity contribution in [2.75, 3.05) is 19.0 Å². The van der Waals surface area contributed by atoms with Crippen molar-refractivity contribution in [1.82, 2.24) is 0 Å². The number of methoxy groups -OCH3 is 1. The highest BCUT2D eigenvalue weighted by atomic mass is 16.5. The molecule has 2 amide bonds. The van der Waals surface area contributed by atoms with Gasteiger partial charge in [-0.1, -0.05) is 19.9 Å². The Morgan fingerprint density at radius 3 is 2.50 bits per heavy atom. The molecule has 0 atom stereocenters. The van der Waals surface area contributed by atoms with Gasteiger partial charge in [0.2, 0.25) is 5.91 Å². The van der Waals surface area contributed by atoms with Gasteiger partial charge in [0.1, 0.15) is 0 Å². The molecule has 2 rings (SSSR count). The predicted molar refractivity (Wildman–Crippen MR) is 101 cm³/mol. The molecule has 2 aromatic rings. The molecule has 0 aliphatic carbocycles. The van der Waals surface area contributed by atoms with Gasteiger partial charge in [-0.15, -0.1) is 0 Å². The molecule has 0 saturated carbocycles. The number of anilines is 1. The Hall–Kier alpha value is -3.02. The van der Waals surface area contributed by atoms with Gasteiger partial charge in [0.25, 0.3) is 5.91 Å². The van der Waals surface area contributed by atoms with Crippen LogP contribution in [-0.4, -0.2) is 25.5 Å². The van der Waals surface area contributed by atoms with Gasteiger partial charge < -0.3 is 20.5 Å². The van der Waals surface area contributed by atoms with E-state index >= 15 is 0 Å². The van der Waals surface area contributed by atoms with Gasteiger partial charge >= 0.3 is 0 Å². The Bertz CT molecular complexity index is 787. The van der Waals surface area contributed by atoms with Crippen LogP contribution in [0.2, 0.25) is 0 Å². The lowest BCUT2D eigenvalue weighted by Gasteiger charge is -2.13. The first-order valence-corrected chi connectivity index (χ1v) is 8.42. The molecule has 0 aromatic heterocycles. The zero-order valence-corrected chi connectivity index (χ0v) is 15.2. The number of nitrogens with two attached hydrogens (primary N) is 1. The number of hydrogen-bond acceptors (Lipinski definition) is 4.